The molecule has 0 amide bonds. The van der Waals surface area contributed by atoms with Gasteiger partial charge in [-0.2, -0.15) is 0 Å². The predicted octanol–water partition coefficient (Wildman–Crippen LogP) is 6.32. The lowest BCUT2D eigenvalue weighted by molar-refractivity contribution is 0.470. The molecule has 0 aliphatic heterocycles. The third kappa shape index (κ3) is 3.38. The topological polar surface area (TPSA) is 20.2 Å². The molecule has 0 saturated heterocycles. The van der Waals surface area contributed by atoms with Crippen LogP contribution in [0.4, 0.5) is 0 Å². The van der Waals surface area contributed by atoms with Crippen molar-refractivity contribution in [3.63, 3.8) is 0 Å². The highest BCUT2D eigenvalue weighted by Crippen LogP contribution is 2.32. The molecule has 0 atom stereocenters. The molecule has 0 unspecified atom stereocenters. The highest BCUT2D eigenvalue weighted by molar-refractivity contribution is 5.71. The van der Waals surface area contributed by atoms with Crippen LogP contribution < -0.4 is 0 Å². The molecule has 4 aromatic carbocycles. The fraction of sp³-hybridized carbons (Fsp3) is 0.0400. The summed E-state index contributed by atoms with van der Waals surface area (Å²) >= 11 is 0. The molecule has 1 N–H and O–H groups in total. The molecule has 0 saturated carbocycles. The minimum atomic E-state index is 0.346. The quantitative estimate of drug-likeness (QED) is 0.462. The molecular weight excluding hydrogens is 316 g/mol. The van der Waals surface area contributed by atoms with Crippen LogP contribution in [0.15, 0.2) is 103 Å². The maximum atomic E-state index is 10.4. The van der Waals surface area contributed by atoms with E-state index in [1.807, 2.05) is 30.3 Å². The summed E-state index contributed by atoms with van der Waals surface area (Å²) in [6, 6.07) is 34.9. The minimum Gasteiger partial charge on any atom is -0.508 e. The summed E-state index contributed by atoms with van der Waals surface area (Å²) in [5, 5.41) is 10.4. The molecule has 4 rings (SSSR count). The number of hydrogen-bond acceptors (Lipinski definition) is 1. The summed E-state index contributed by atoms with van der Waals surface area (Å²) in [7, 11) is 0. The zero-order valence-corrected chi connectivity index (χ0v) is 14.5. The Bertz CT molecular complexity index is 987. The maximum absolute atomic E-state index is 10.4. The van der Waals surface area contributed by atoms with Crippen LogP contribution in [-0.4, -0.2) is 5.11 Å². The summed E-state index contributed by atoms with van der Waals surface area (Å²) in [5.74, 6) is 0.346. The highest BCUT2D eigenvalue weighted by atomic mass is 16.3. The van der Waals surface area contributed by atoms with Crippen LogP contribution in [-0.2, 0) is 6.42 Å². The van der Waals surface area contributed by atoms with Crippen molar-refractivity contribution in [2.75, 3.05) is 0 Å². The first-order valence-corrected chi connectivity index (χ1v) is 8.82. The zero-order valence-electron chi connectivity index (χ0n) is 14.5. The van der Waals surface area contributed by atoms with Crippen molar-refractivity contribution >= 4 is 0 Å². The van der Waals surface area contributed by atoms with E-state index in [0.29, 0.717) is 12.2 Å². The molecular formula is C25H20O. The Labute approximate surface area is 154 Å². The van der Waals surface area contributed by atoms with Crippen LogP contribution in [0, 0.1) is 0 Å². The fourth-order valence-electron chi connectivity index (χ4n) is 3.30. The predicted molar refractivity (Wildman–Crippen MR) is 108 cm³/mol. The van der Waals surface area contributed by atoms with Crippen LogP contribution in [0.2, 0.25) is 0 Å². The molecule has 1 nitrogen and oxygen atoms in total. The van der Waals surface area contributed by atoms with E-state index in [1.165, 1.54) is 16.7 Å². The Kier molecular flexibility index (Phi) is 4.53. The van der Waals surface area contributed by atoms with E-state index in [0.717, 1.165) is 16.7 Å². The molecule has 1 heteroatoms. The lowest BCUT2D eigenvalue weighted by atomic mass is 9.93. The average Bonchev–Trinajstić information content (AvgIpc) is 2.71. The Morgan fingerprint density at radius 3 is 1.73 bits per heavy atom. The van der Waals surface area contributed by atoms with Crippen molar-refractivity contribution in [1.82, 2.24) is 0 Å². The maximum Gasteiger partial charge on any atom is 0.119 e. The Hall–Kier alpha value is -3.32. The number of phenols is 1. The van der Waals surface area contributed by atoms with Crippen LogP contribution in [0.25, 0.3) is 22.3 Å². The van der Waals surface area contributed by atoms with Gasteiger partial charge in [0, 0.05) is 12.0 Å². The minimum absolute atomic E-state index is 0.346. The van der Waals surface area contributed by atoms with E-state index < -0.39 is 0 Å². The van der Waals surface area contributed by atoms with E-state index in [2.05, 4.69) is 66.7 Å². The fourth-order valence-corrected chi connectivity index (χ4v) is 3.30. The van der Waals surface area contributed by atoms with Gasteiger partial charge >= 0.3 is 0 Å². The first-order chi connectivity index (χ1) is 12.8. The monoisotopic (exact) mass is 336 g/mol. The van der Waals surface area contributed by atoms with Crippen LogP contribution in [0.3, 0.4) is 0 Å². The lowest BCUT2D eigenvalue weighted by Gasteiger charge is -2.12. The molecule has 0 heterocycles. The van der Waals surface area contributed by atoms with Gasteiger partial charge < -0.3 is 5.11 Å². The highest BCUT2D eigenvalue weighted by Gasteiger charge is 2.10. The van der Waals surface area contributed by atoms with Gasteiger partial charge in [-0.15, -0.1) is 0 Å². The lowest BCUT2D eigenvalue weighted by Crippen LogP contribution is -1.93. The Morgan fingerprint density at radius 2 is 1.08 bits per heavy atom. The van der Waals surface area contributed by atoms with Crippen molar-refractivity contribution in [1.29, 1.82) is 0 Å². The molecule has 0 fully saturated rings. The zero-order chi connectivity index (χ0) is 17.8. The van der Waals surface area contributed by atoms with Gasteiger partial charge in [-0.3, -0.25) is 0 Å². The van der Waals surface area contributed by atoms with Crippen LogP contribution in [0.1, 0.15) is 11.1 Å². The molecule has 0 radical (unpaired) electrons. The van der Waals surface area contributed by atoms with Crippen molar-refractivity contribution in [2.24, 2.45) is 0 Å². The smallest absolute Gasteiger partial charge is 0.119 e. The second kappa shape index (κ2) is 7.28. The van der Waals surface area contributed by atoms with E-state index in [4.69, 9.17) is 0 Å². The van der Waals surface area contributed by atoms with Crippen molar-refractivity contribution in [3.05, 3.63) is 114 Å². The number of phenolic OH excluding ortho intramolecular Hbond substituents is 1. The summed E-state index contributed by atoms with van der Waals surface area (Å²) in [6.07, 6.45) is 0.700. The van der Waals surface area contributed by atoms with Crippen molar-refractivity contribution in [2.45, 2.75) is 6.42 Å². The largest absolute Gasteiger partial charge is 0.508 e. The average molecular weight is 336 g/mol. The van der Waals surface area contributed by atoms with Gasteiger partial charge in [-0.1, -0.05) is 97.1 Å². The summed E-state index contributed by atoms with van der Waals surface area (Å²) < 4.78 is 0. The van der Waals surface area contributed by atoms with Gasteiger partial charge in [0.1, 0.15) is 5.75 Å². The van der Waals surface area contributed by atoms with E-state index in [1.54, 1.807) is 6.07 Å². The first kappa shape index (κ1) is 16.2. The van der Waals surface area contributed by atoms with Gasteiger partial charge in [0.2, 0.25) is 0 Å². The van der Waals surface area contributed by atoms with Gasteiger partial charge in [-0.25, -0.2) is 0 Å². The third-order valence-electron chi connectivity index (χ3n) is 4.68. The SMILES string of the molecule is Oc1cccc(-c2ccccc2)c1Cc1ccc(-c2ccccc2)cc1. The third-order valence-corrected chi connectivity index (χ3v) is 4.68. The van der Waals surface area contributed by atoms with Crippen molar-refractivity contribution in [3.8, 4) is 28.0 Å². The second-order valence-corrected chi connectivity index (χ2v) is 6.41. The number of benzene rings is 4. The molecule has 26 heavy (non-hydrogen) atoms. The second-order valence-electron chi connectivity index (χ2n) is 6.41. The Balaban J connectivity index is 1.66. The Morgan fingerprint density at radius 1 is 0.500 bits per heavy atom. The van der Waals surface area contributed by atoms with Gasteiger partial charge in [0.25, 0.3) is 0 Å². The molecule has 0 bridgehead atoms. The number of aromatic hydroxyl groups is 1. The van der Waals surface area contributed by atoms with Gasteiger partial charge in [0.05, 0.1) is 0 Å². The summed E-state index contributed by atoms with van der Waals surface area (Å²) in [6.45, 7) is 0. The summed E-state index contributed by atoms with van der Waals surface area (Å²) in [5.41, 5.74) is 6.77. The van der Waals surface area contributed by atoms with E-state index in [9.17, 15) is 5.11 Å². The molecule has 4 aromatic rings. The normalized spacial score (nSPS) is 10.6. The molecule has 0 aliphatic rings. The van der Waals surface area contributed by atoms with E-state index in [-0.39, 0.29) is 0 Å². The van der Waals surface area contributed by atoms with Gasteiger partial charge in [0.15, 0.2) is 0 Å². The molecule has 0 spiro atoms. The number of hydrogen-bond donors (Lipinski definition) is 1. The van der Waals surface area contributed by atoms with Gasteiger partial charge in [-0.05, 0) is 33.9 Å². The van der Waals surface area contributed by atoms with E-state index >= 15 is 0 Å². The molecule has 0 aliphatic carbocycles. The van der Waals surface area contributed by atoms with Crippen LogP contribution >= 0.6 is 0 Å². The summed E-state index contributed by atoms with van der Waals surface area (Å²) in [4.78, 5) is 0. The van der Waals surface area contributed by atoms with Crippen LogP contribution in [0.5, 0.6) is 5.75 Å². The first-order valence-electron chi connectivity index (χ1n) is 8.82. The van der Waals surface area contributed by atoms with Crippen molar-refractivity contribution < 1.29 is 5.11 Å². The molecule has 126 valence electrons. The molecule has 0 aromatic heterocycles. The number of rotatable bonds is 4. The standard InChI is InChI=1S/C25H20O/c26-25-13-7-12-23(22-10-5-2-6-11-22)24(25)18-19-14-16-21(17-15-19)20-8-3-1-4-9-20/h1-17,26H,18H2.